The fourth-order valence-electron chi connectivity index (χ4n) is 4.90. The molecule has 36 heavy (non-hydrogen) atoms. The minimum atomic E-state index is -0.128. The summed E-state index contributed by atoms with van der Waals surface area (Å²) in [7, 11) is 0. The molecule has 4 rings (SSSR count). The largest absolute Gasteiger partial charge is 0.330 e. The van der Waals surface area contributed by atoms with Gasteiger partial charge in [-0.15, -0.1) is 11.3 Å². The Hall–Kier alpha value is -2.92. The molecule has 0 spiro atoms. The SMILES string of the molecule is Cc1ccc(C(=O)N(CC(=O)N2CCc3sccc3C2c2ccc(C(C)(C)C)cc2)CC(C)C)cc1. The van der Waals surface area contributed by atoms with Crippen LogP contribution in [0.15, 0.2) is 60.0 Å². The van der Waals surface area contributed by atoms with Gasteiger partial charge in [0.05, 0.1) is 6.04 Å². The van der Waals surface area contributed by atoms with Gasteiger partial charge in [-0.25, -0.2) is 0 Å². The Kier molecular flexibility index (Phi) is 7.70. The van der Waals surface area contributed by atoms with Gasteiger partial charge < -0.3 is 9.80 Å². The maximum Gasteiger partial charge on any atom is 0.254 e. The van der Waals surface area contributed by atoms with Crippen molar-refractivity contribution in [3.8, 4) is 0 Å². The molecule has 2 heterocycles. The van der Waals surface area contributed by atoms with Crippen LogP contribution in [0, 0.1) is 12.8 Å². The fraction of sp³-hybridized carbons (Fsp3) is 0.419. The molecule has 0 N–H and O–H groups in total. The summed E-state index contributed by atoms with van der Waals surface area (Å²) in [6.45, 7) is 14.1. The van der Waals surface area contributed by atoms with Crippen LogP contribution in [0.5, 0.6) is 0 Å². The number of amides is 2. The lowest BCUT2D eigenvalue weighted by molar-refractivity contribution is -0.134. The molecular weight excluding hydrogens is 464 g/mol. The average molecular weight is 503 g/mol. The summed E-state index contributed by atoms with van der Waals surface area (Å²) in [4.78, 5) is 32.3. The number of hydrogen-bond acceptors (Lipinski definition) is 3. The zero-order valence-electron chi connectivity index (χ0n) is 22.4. The molecule has 1 atom stereocenters. The van der Waals surface area contributed by atoms with E-state index in [9.17, 15) is 9.59 Å². The van der Waals surface area contributed by atoms with E-state index in [1.807, 2.05) is 36.1 Å². The molecular formula is C31H38N2O2S. The molecule has 1 aliphatic rings. The monoisotopic (exact) mass is 502 g/mol. The summed E-state index contributed by atoms with van der Waals surface area (Å²) in [5.41, 5.74) is 5.42. The van der Waals surface area contributed by atoms with Crippen LogP contribution < -0.4 is 0 Å². The van der Waals surface area contributed by atoms with E-state index in [0.29, 0.717) is 18.7 Å². The van der Waals surface area contributed by atoms with Crippen molar-refractivity contribution in [2.45, 2.75) is 59.4 Å². The zero-order valence-corrected chi connectivity index (χ0v) is 23.2. The lowest BCUT2D eigenvalue weighted by Crippen LogP contribution is -2.47. The number of benzene rings is 2. The first-order chi connectivity index (χ1) is 17.0. The van der Waals surface area contributed by atoms with Crippen molar-refractivity contribution in [2.24, 2.45) is 5.92 Å². The van der Waals surface area contributed by atoms with Crippen LogP contribution in [-0.4, -0.2) is 41.2 Å². The summed E-state index contributed by atoms with van der Waals surface area (Å²) >= 11 is 1.77. The topological polar surface area (TPSA) is 40.6 Å². The van der Waals surface area contributed by atoms with Crippen LogP contribution >= 0.6 is 11.3 Å². The first-order valence-electron chi connectivity index (χ1n) is 12.9. The van der Waals surface area contributed by atoms with Gasteiger partial charge >= 0.3 is 0 Å². The summed E-state index contributed by atoms with van der Waals surface area (Å²) in [5.74, 6) is 0.173. The number of thiophene rings is 1. The van der Waals surface area contributed by atoms with Gasteiger partial charge in [0.1, 0.15) is 6.54 Å². The van der Waals surface area contributed by atoms with E-state index in [4.69, 9.17) is 0 Å². The van der Waals surface area contributed by atoms with E-state index in [2.05, 4.69) is 70.3 Å². The van der Waals surface area contributed by atoms with Crippen LogP contribution in [0.3, 0.4) is 0 Å². The van der Waals surface area contributed by atoms with Crippen molar-refractivity contribution >= 4 is 23.2 Å². The third kappa shape index (κ3) is 5.73. The van der Waals surface area contributed by atoms with Crippen LogP contribution in [-0.2, 0) is 16.6 Å². The highest BCUT2D eigenvalue weighted by Crippen LogP contribution is 2.38. The number of carbonyl (C=O) groups is 2. The molecule has 2 amide bonds. The van der Waals surface area contributed by atoms with Gasteiger partial charge in [-0.05, 0) is 64.9 Å². The van der Waals surface area contributed by atoms with Crippen LogP contribution in [0.1, 0.15) is 78.1 Å². The van der Waals surface area contributed by atoms with E-state index < -0.39 is 0 Å². The molecule has 1 aliphatic heterocycles. The minimum Gasteiger partial charge on any atom is -0.330 e. The normalized spacial score (nSPS) is 15.6. The number of carbonyl (C=O) groups excluding carboxylic acids is 2. The van der Waals surface area contributed by atoms with Gasteiger partial charge in [0, 0.05) is 23.5 Å². The number of hydrogen-bond donors (Lipinski definition) is 0. The van der Waals surface area contributed by atoms with Crippen LogP contribution in [0.4, 0.5) is 0 Å². The van der Waals surface area contributed by atoms with Gasteiger partial charge in [-0.1, -0.05) is 76.6 Å². The van der Waals surface area contributed by atoms with Crippen LogP contribution in [0.2, 0.25) is 0 Å². The van der Waals surface area contributed by atoms with Gasteiger partial charge in [0.25, 0.3) is 5.91 Å². The molecule has 3 aromatic rings. The number of aryl methyl sites for hydroxylation is 1. The highest BCUT2D eigenvalue weighted by molar-refractivity contribution is 7.10. The number of fused-ring (bicyclic) bond motifs is 1. The fourth-order valence-corrected chi connectivity index (χ4v) is 5.81. The predicted molar refractivity (Wildman–Crippen MR) is 149 cm³/mol. The molecule has 1 aromatic heterocycles. The standard InChI is InChI=1S/C31H38N2O2S/c1-21(2)19-32(30(35)24-9-7-22(3)8-10-24)20-28(34)33-17-15-27-26(16-18-36-27)29(33)23-11-13-25(14-12-23)31(4,5)6/h7-14,16,18,21,29H,15,17,19-20H2,1-6H3. The predicted octanol–water partition coefficient (Wildman–Crippen LogP) is 6.63. The quantitative estimate of drug-likeness (QED) is 0.380. The molecule has 0 saturated carbocycles. The van der Waals surface area contributed by atoms with E-state index in [-0.39, 0.29) is 35.7 Å². The van der Waals surface area contributed by atoms with Crippen molar-refractivity contribution in [2.75, 3.05) is 19.6 Å². The van der Waals surface area contributed by atoms with Crippen molar-refractivity contribution in [1.82, 2.24) is 9.80 Å². The highest BCUT2D eigenvalue weighted by Gasteiger charge is 2.34. The molecule has 4 nitrogen and oxygen atoms in total. The summed E-state index contributed by atoms with van der Waals surface area (Å²) in [5, 5.41) is 2.13. The van der Waals surface area contributed by atoms with Crippen LogP contribution in [0.25, 0.3) is 0 Å². The molecule has 1 unspecified atom stereocenters. The zero-order chi connectivity index (χ0) is 26.0. The Bertz CT molecular complexity index is 1200. The first-order valence-corrected chi connectivity index (χ1v) is 13.7. The Morgan fingerprint density at radius 3 is 2.31 bits per heavy atom. The number of rotatable bonds is 6. The second-order valence-corrected chi connectivity index (χ2v) is 12.4. The smallest absolute Gasteiger partial charge is 0.254 e. The first kappa shape index (κ1) is 26.2. The average Bonchev–Trinajstić information content (AvgIpc) is 3.31. The Morgan fingerprint density at radius 2 is 1.69 bits per heavy atom. The molecule has 5 heteroatoms. The van der Waals surface area contributed by atoms with E-state index in [1.165, 1.54) is 16.0 Å². The molecule has 0 saturated heterocycles. The second-order valence-electron chi connectivity index (χ2n) is 11.4. The lowest BCUT2D eigenvalue weighted by atomic mass is 9.85. The van der Waals surface area contributed by atoms with Gasteiger partial charge in [0.15, 0.2) is 0 Å². The van der Waals surface area contributed by atoms with E-state index in [0.717, 1.165) is 17.5 Å². The summed E-state index contributed by atoms with van der Waals surface area (Å²) < 4.78 is 0. The van der Waals surface area contributed by atoms with Crippen molar-refractivity contribution < 1.29 is 9.59 Å². The Labute approximate surface area is 219 Å². The van der Waals surface area contributed by atoms with Gasteiger partial charge in [0.2, 0.25) is 5.91 Å². The van der Waals surface area contributed by atoms with Gasteiger partial charge in [-0.3, -0.25) is 9.59 Å². The van der Waals surface area contributed by atoms with E-state index in [1.54, 1.807) is 16.2 Å². The second kappa shape index (κ2) is 10.6. The number of nitrogens with zero attached hydrogens (tertiary/aromatic N) is 2. The maximum absolute atomic E-state index is 13.9. The van der Waals surface area contributed by atoms with Gasteiger partial charge in [-0.2, -0.15) is 0 Å². The molecule has 0 bridgehead atoms. The molecule has 0 radical (unpaired) electrons. The molecule has 190 valence electrons. The molecule has 0 aliphatic carbocycles. The Balaban J connectivity index is 1.63. The molecule has 0 fully saturated rings. The third-order valence-corrected chi connectivity index (χ3v) is 7.87. The van der Waals surface area contributed by atoms with Crippen molar-refractivity contribution in [3.05, 3.63) is 92.7 Å². The summed E-state index contributed by atoms with van der Waals surface area (Å²) in [6, 6.07) is 18.3. The minimum absolute atomic E-state index is 0.00198. The lowest BCUT2D eigenvalue weighted by Gasteiger charge is -2.38. The highest BCUT2D eigenvalue weighted by atomic mass is 32.1. The van der Waals surface area contributed by atoms with Crippen molar-refractivity contribution in [1.29, 1.82) is 0 Å². The molecule has 2 aromatic carbocycles. The Morgan fingerprint density at radius 1 is 1.03 bits per heavy atom. The summed E-state index contributed by atoms with van der Waals surface area (Å²) in [6.07, 6.45) is 0.853. The van der Waals surface area contributed by atoms with Crippen molar-refractivity contribution in [3.63, 3.8) is 0 Å². The maximum atomic E-state index is 13.9. The van der Waals surface area contributed by atoms with E-state index >= 15 is 0 Å². The third-order valence-electron chi connectivity index (χ3n) is 6.88.